The number of nitrogens with zero attached hydrogens (tertiary/aromatic N) is 1. The smallest absolute Gasteiger partial charge is 0.259 e. The molecule has 5 heteroatoms. The van der Waals surface area contributed by atoms with Crippen LogP contribution in [0.15, 0.2) is 30.3 Å². The maximum Gasteiger partial charge on any atom is 0.259 e. The van der Waals surface area contributed by atoms with Gasteiger partial charge >= 0.3 is 0 Å². The van der Waals surface area contributed by atoms with Crippen LogP contribution in [0.25, 0.3) is 10.8 Å². The molecule has 1 atom stereocenters. The van der Waals surface area contributed by atoms with Gasteiger partial charge in [0, 0.05) is 17.4 Å². The summed E-state index contributed by atoms with van der Waals surface area (Å²) in [6.07, 6.45) is 3.03. The highest BCUT2D eigenvalue weighted by Gasteiger charge is 2.41. The van der Waals surface area contributed by atoms with Gasteiger partial charge in [-0.3, -0.25) is 24.6 Å². The third kappa shape index (κ3) is 1.78. The SMILES string of the molecule is O=C1CCC(N2C(=O)c3cccc4c(C5CC5)ccc2c34)C(=O)N1. The maximum atomic E-state index is 13.0. The summed E-state index contributed by atoms with van der Waals surface area (Å²) >= 11 is 0. The Balaban J connectivity index is 1.67. The first kappa shape index (κ1) is 13.7. The van der Waals surface area contributed by atoms with Crippen molar-refractivity contribution in [3.05, 3.63) is 41.5 Å². The van der Waals surface area contributed by atoms with Crippen LogP contribution in [0.2, 0.25) is 0 Å². The lowest BCUT2D eigenvalue weighted by molar-refractivity contribution is -0.134. The van der Waals surface area contributed by atoms with Gasteiger partial charge in [-0.15, -0.1) is 0 Å². The highest BCUT2D eigenvalue weighted by Crippen LogP contribution is 2.48. The third-order valence-electron chi connectivity index (χ3n) is 5.30. The number of piperidine rings is 1. The monoisotopic (exact) mass is 320 g/mol. The molecule has 5 rings (SSSR count). The Morgan fingerprint density at radius 1 is 1.00 bits per heavy atom. The van der Waals surface area contributed by atoms with Gasteiger partial charge in [-0.2, -0.15) is 0 Å². The fourth-order valence-electron chi connectivity index (χ4n) is 4.02. The predicted molar refractivity (Wildman–Crippen MR) is 88.9 cm³/mol. The van der Waals surface area contributed by atoms with Gasteiger partial charge in [-0.1, -0.05) is 18.2 Å². The minimum Gasteiger partial charge on any atom is -0.295 e. The Morgan fingerprint density at radius 2 is 1.83 bits per heavy atom. The van der Waals surface area contributed by atoms with Crippen molar-refractivity contribution in [3.63, 3.8) is 0 Å². The lowest BCUT2D eigenvalue weighted by Crippen LogP contribution is -2.53. The molecule has 1 saturated heterocycles. The predicted octanol–water partition coefficient (Wildman–Crippen LogP) is 2.48. The van der Waals surface area contributed by atoms with Crippen molar-refractivity contribution in [2.45, 2.75) is 37.6 Å². The summed E-state index contributed by atoms with van der Waals surface area (Å²) in [5.74, 6) is -0.200. The molecular weight excluding hydrogens is 304 g/mol. The summed E-state index contributed by atoms with van der Waals surface area (Å²) in [4.78, 5) is 38.2. The van der Waals surface area contributed by atoms with Gasteiger partial charge in [-0.25, -0.2) is 0 Å². The Kier molecular flexibility index (Phi) is 2.66. The fraction of sp³-hybridized carbons (Fsp3) is 0.316. The molecule has 120 valence electrons. The average molecular weight is 320 g/mol. The van der Waals surface area contributed by atoms with Gasteiger partial charge in [0.1, 0.15) is 6.04 Å². The van der Waals surface area contributed by atoms with Crippen molar-refractivity contribution in [1.29, 1.82) is 0 Å². The van der Waals surface area contributed by atoms with Crippen LogP contribution < -0.4 is 10.2 Å². The number of rotatable bonds is 2. The van der Waals surface area contributed by atoms with Gasteiger partial charge in [0.2, 0.25) is 11.8 Å². The molecular formula is C19H16N2O3. The number of amides is 3. The van der Waals surface area contributed by atoms with E-state index in [1.807, 2.05) is 18.2 Å². The van der Waals surface area contributed by atoms with E-state index < -0.39 is 6.04 Å². The molecule has 0 aromatic heterocycles. The Morgan fingerprint density at radius 3 is 2.58 bits per heavy atom. The molecule has 3 amide bonds. The van der Waals surface area contributed by atoms with Gasteiger partial charge in [0.25, 0.3) is 5.91 Å². The van der Waals surface area contributed by atoms with E-state index >= 15 is 0 Å². The molecule has 2 aliphatic heterocycles. The van der Waals surface area contributed by atoms with E-state index in [4.69, 9.17) is 0 Å². The average Bonchev–Trinajstić information content (AvgIpc) is 3.37. The Hall–Kier alpha value is -2.69. The minimum absolute atomic E-state index is 0.141. The number of anilines is 1. The molecule has 1 unspecified atom stereocenters. The van der Waals surface area contributed by atoms with Crippen molar-refractivity contribution in [2.24, 2.45) is 0 Å². The number of carbonyl (C=O) groups excluding carboxylic acids is 3. The largest absolute Gasteiger partial charge is 0.295 e. The lowest BCUT2D eigenvalue weighted by Gasteiger charge is -2.30. The zero-order valence-corrected chi connectivity index (χ0v) is 13.0. The summed E-state index contributed by atoms with van der Waals surface area (Å²) in [5, 5.41) is 4.43. The molecule has 2 aromatic carbocycles. The second kappa shape index (κ2) is 4.66. The molecule has 5 nitrogen and oxygen atoms in total. The van der Waals surface area contributed by atoms with Crippen LogP contribution in [0.1, 0.15) is 47.5 Å². The van der Waals surface area contributed by atoms with Gasteiger partial charge < -0.3 is 0 Å². The van der Waals surface area contributed by atoms with Gasteiger partial charge in [0.15, 0.2) is 0 Å². The van der Waals surface area contributed by atoms with Crippen LogP contribution in [0.5, 0.6) is 0 Å². The maximum absolute atomic E-state index is 13.0. The van der Waals surface area contributed by atoms with E-state index in [-0.39, 0.29) is 24.1 Å². The zero-order chi connectivity index (χ0) is 16.4. The number of nitrogens with one attached hydrogen (secondary N) is 1. The van der Waals surface area contributed by atoms with Crippen molar-refractivity contribution in [2.75, 3.05) is 4.90 Å². The van der Waals surface area contributed by atoms with Crippen LogP contribution in [-0.2, 0) is 9.59 Å². The van der Waals surface area contributed by atoms with Crippen molar-refractivity contribution < 1.29 is 14.4 Å². The van der Waals surface area contributed by atoms with Gasteiger partial charge in [-0.05, 0) is 48.3 Å². The number of carbonyl (C=O) groups is 3. The zero-order valence-electron chi connectivity index (χ0n) is 13.0. The lowest BCUT2D eigenvalue weighted by atomic mass is 9.98. The summed E-state index contributed by atoms with van der Waals surface area (Å²) in [6.45, 7) is 0. The summed E-state index contributed by atoms with van der Waals surface area (Å²) in [6, 6.07) is 9.26. The van der Waals surface area contributed by atoms with Crippen LogP contribution in [0.4, 0.5) is 5.69 Å². The molecule has 1 aliphatic carbocycles. The number of hydrogen-bond donors (Lipinski definition) is 1. The molecule has 0 spiro atoms. The van der Waals surface area contributed by atoms with Crippen LogP contribution >= 0.6 is 0 Å². The first-order valence-electron chi connectivity index (χ1n) is 8.38. The molecule has 1 N–H and O–H groups in total. The van der Waals surface area contributed by atoms with Crippen LogP contribution in [0, 0.1) is 0 Å². The second-order valence-corrected chi connectivity index (χ2v) is 6.82. The normalized spacial score (nSPS) is 23.1. The fourth-order valence-corrected chi connectivity index (χ4v) is 4.02. The van der Waals surface area contributed by atoms with E-state index in [0.717, 1.165) is 16.5 Å². The quantitative estimate of drug-likeness (QED) is 0.865. The molecule has 0 bridgehead atoms. The van der Waals surface area contributed by atoms with Crippen molar-refractivity contribution in [1.82, 2.24) is 5.32 Å². The van der Waals surface area contributed by atoms with E-state index in [0.29, 0.717) is 17.9 Å². The molecule has 2 aromatic rings. The summed E-state index contributed by atoms with van der Waals surface area (Å²) in [5.41, 5.74) is 2.76. The molecule has 2 heterocycles. The first-order chi connectivity index (χ1) is 11.6. The van der Waals surface area contributed by atoms with E-state index in [9.17, 15) is 14.4 Å². The topological polar surface area (TPSA) is 66.5 Å². The van der Waals surface area contributed by atoms with Crippen LogP contribution in [-0.4, -0.2) is 23.8 Å². The van der Waals surface area contributed by atoms with E-state index in [1.54, 1.807) is 4.90 Å². The third-order valence-corrected chi connectivity index (χ3v) is 5.30. The van der Waals surface area contributed by atoms with E-state index in [1.165, 1.54) is 18.4 Å². The van der Waals surface area contributed by atoms with Crippen molar-refractivity contribution >= 4 is 34.2 Å². The van der Waals surface area contributed by atoms with Crippen LogP contribution in [0.3, 0.4) is 0 Å². The molecule has 2 fully saturated rings. The number of benzene rings is 2. The van der Waals surface area contributed by atoms with Gasteiger partial charge in [0.05, 0.1) is 5.69 Å². The minimum atomic E-state index is -0.613. The molecule has 0 radical (unpaired) electrons. The summed E-state index contributed by atoms with van der Waals surface area (Å²) in [7, 11) is 0. The molecule has 3 aliphatic rings. The number of hydrogen-bond acceptors (Lipinski definition) is 3. The Bertz CT molecular complexity index is 930. The standard InChI is InChI=1S/C19H16N2O3/c22-16-9-8-15(18(23)20-16)21-14-7-6-11(10-4-5-10)12-2-1-3-13(17(12)14)19(21)24/h1-3,6-7,10,15H,4-5,8-9H2,(H,20,22,23). The molecule has 24 heavy (non-hydrogen) atoms. The number of imide groups is 1. The Labute approximate surface area is 138 Å². The first-order valence-corrected chi connectivity index (χ1v) is 8.38. The highest BCUT2D eigenvalue weighted by molar-refractivity contribution is 6.27. The van der Waals surface area contributed by atoms with E-state index in [2.05, 4.69) is 17.4 Å². The highest BCUT2D eigenvalue weighted by atomic mass is 16.2. The van der Waals surface area contributed by atoms with Crippen molar-refractivity contribution in [3.8, 4) is 0 Å². The summed E-state index contributed by atoms with van der Waals surface area (Å²) < 4.78 is 0. The molecule has 1 saturated carbocycles. The second-order valence-electron chi connectivity index (χ2n) is 6.82.